The molecule has 0 bridgehead atoms. The molecule has 128 valence electrons. The number of benzene rings is 1. The van der Waals surface area contributed by atoms with Crippen molar-refractivity contribution in [3.63, 3.8) is 0 Å². The Morgan fingerprint density at radius 1 is 1.17 bits per heavy atom. The number of esters is 1. The Labute approximate surface area is 138 Å². The van der Waals surface area contributed by atoms with Crippen molar-refractivity contribution in [2.75, 3.05) is 33.4 Å². The van der Waals surface area contributed by atoms with Crippen molar-refractivity contribution in [2.24, 2.45) is 4.99 Å². The largest absolute Gasteiger partial charge is 0.465 e. The minimum Gasteiger partial charge on any atom is -0.465 e. The highest BCUT2D eigenvalue weighted by Crippen LogP contribution is 2.06. The third-order valence-electron chi connectivity index (χ3n) is 3.10. The molecule has 1 rings (SSSR count). The lowest BCUT2D eigenvalue weighted by Crippen LogP contribution is -2.38. The van der Waals surface area contributed by atoms with Gasteiger partial charge < -0.3 is 20.1 Å². The second-order valence-electron chi connectivity index (χ2n) is 4.86. The Bertz CT molecular complexity index is 486. The summed E-state index contributed by atoms with van der Waals surface area (Å²) in [5, 5.41) is 6.48. The zero-order valence-electron chi connectivity index (χ0n) is 14.2. The van der Waals surface area contributed by atoms with Gasteiger partial charge in [0.25, 0.3) is 0 Å². The molecular weight excluding hydrogens is 294 g/mol. The second kappa shape index (κ2) is 11.5. The Morgan fingerprint density at radius 3 is 2.52 bits per heavy atom. The summed E-state index contributed by atoms with van der Waals surface area (Å²) in [7, 11) is 1.38. The van der Waals surface area contributed by atoms with Crippen LogP contribution in [0, 0.1) is 0 Å². The van der Waals surface area contributed by atoms with Gasteiger partial charge >= 0.3 is 5.97 Å². The predicted octanol–water partition coefficient (Wildman–Crippen LogP) is 1.95. The van der Waals surface area contributed by atoms with Crippen LogP contribution in [0.2, 0.25) is 0 Å². The van der Waals surface area contributed by atoms with Crippen LogP contribution in [0.1, 0.15) is 36.2 Å². The fourth-order valence-corrected chi connectivity index (χ4v) is 1.90. The molecule has 6 nitrogen and oxygen atoms in total. The van der Waals surface area contributed by atoms with Crippen LogP contribution in [0.5, 0.6) is 0 Å². The third-order valence-corrected chi connectivity index (χ3v) is 3.10. The topological polar surface area (TPSA) is 72.0 Å². The van der Waals surface area contributed by atoms with Crippen molar-refractivity contribution >= 4 is 11.9 Å². The average Bonchev–Trinajstić information content (AvgIpc) is 2.59. The lowest BCUT2D eigenvalue weighted by Gasteiger charge is -2.11. The zero-order valence-corrected chi connectivity index (χ0v) is 14.2. The Balaban J connectivity index is 2.50. The number of ether oxygens (including phenoxy) is 2. The number of guanidine groups is 1. The number of nitrogens with one attached hydrogen (secondary N) is 2. The summed E-state index contributed by atoms with van der Waals surface area (Å²) in [6.07, 6.45) is 0.937. The van der Waals surface area contributed by atoms with E-state index in [0.29, 0.717) is 12.1 Å². The molecule has 0 saturated heterocycles. The van der Waals surface area contributed by atoms with Gasteiger partial charge in [0.05, 0.1) is 19.2 Å². The fraction of sp³-hybridized carbons (Fsp3) is 0.529. The average molecular weight is 321 g/mol. The third kappa shape index (κ3) is 7.65. The smallest absolute Gasteiger partial charge is 0.337 e. The molecule has 0 atom stereocenters. The maximum Gasteiger partial charge on any atom is 0.337 e. The molecule has 0 aliphatic carbocycles. The van der Waals surface area contributed by atoms with E-state index in [0.717, 1.165) is 44.2 Å². The van der Waals surface area contributed by atoms with Crippen LogP contribution in [-0.2, 0) is 16.0 Å². The molecule has 0 saturated carbocycles. The SMILES string of the molecule is CCNC(=NCc1ccc(C(=O)OC)cc1)NCCCOCC. The monoisotopic (exact) mass is 321 g/mol. The van der Waals surface area contributed by atoms with Crippen LogP contribution in [0.25, 0.3) is 0 Å². The molecule has 0 heterocycles. The predicted molar refractivity (Wildman–Crippen MR) is 91.7 cm³/mol. The first-order valence-corrected chi connectivity index (χ1v) is 7.98. The van der Waals surface area contributed by atoms with E-state index in [-0.39, 0.29) is 5.97 Å². The minimum absolute atomic E-state index is 0.329. The highest BCUT2D eigenvalue weighted by atomic mass is 16.5. The molecule has 2 N–H and O–H groups in total. The number of hydrogen-bond donors (Lipinski definition) is 2. The van der Waals surface area contributed by atoms with Crippen LogP contribution < -0.4 is 10.6 Å². The molecule has 0 radical (unpaired) electrons. The summed E-state index contributed by atoms with van der Waals surface area (Å²) in [5.41, 5.74) is 1.57. The standard InChI is InChI=1S/C17H27N3O3/c1-4-18-17(19-11-6-12-23-5-2)20-13-14-7-9-15(10-8-14)16(21)22-3/h7-10H,4-6,11-13H2,1-3H3,(H2,18,19,20). The molecule has 0 unspecified atom stereocenters. The van der Waals surface area contributed by atoms with Crippen molar-refractivity contribution in [3.8, 4) is 0 Å². The summed E-state index contributed by atoms with van der Waals surface area (Å²) in [6.45, 7) is 7.68. The fourth-order valence-electron chi connectivity index (χ4n) is 1.90. The summed E-state index contributed by atoms with van der Waals surface area (Å²) in [6, 6.07) is 7.26. The number of rotatable bonds is 9. The van der Waals surface area contributed by atoms with Crippen molar-refractivity contribution in [3.05, 3.63) is 35.4 Å². The summed E-state index contributed by atoms with van der Waals surface area (Å²) in [4.78, 5) is 15.9. The lowest BCUT2D eigenvalue weighted by atomic mass is 10.1. The minimum atomic E-state index is -0.329. The van der Waals surface area contributed by atoms with Crippen molar-refractivity contribution in [1.82, 2.24) is 10.6 Å². The van der Waals surface area contributed by atoms with E-state index in [9.17, 15) is 4.79 Å². The van der Waals surface area contributed by atoms with Crippen LogP contribution in [0.15, 0.2) is 29.3 Å². The summed E-state index contributed by atoms with van der Waals surface area (Å²) in [5.74, 6) is 0.449. The van der Waals surface area contributed by atoms with Gasteiger partial charge in [0.2, 0.25) is 0 Å². The molecule has 0 spiro atoms. The molecule has 1 aromatic carbocycles. The number of nitrogens with zero attached hydrogens (tertiary/aromatic N) is 1. The molecule has 1 aromatic rings. The van der Waals surface area contributed by atoms with Gasteiger partial charge in [-0.2, -0.15) is 0 Å². The Morgan fingerprint density at radius 2 is 1.91 bits per heavy atom. The van der Waals surface area contributed by atoms with Gasteiger partial charge in [0.1, 0.15) is 0 Å². The Hall–Kier alpha value is -2.08. The van der Waals surface area contributed by atoms with Crippen molar-refractivity contribution < 1.29 is 14.3 Å². The van der Waals surface area contributed by atoms with Gasteiger partial charge in [-0.05, 0) is 38.0 Å². The van der Waals surface area contributed by atoms with E-state index < -0.39 is 0 Å². The van der Waals surface area contributed by atoms with Gasteiger partial charge in [-0.3, -0.25) is 0 Å². The number of carbonyl (C=O) groups excluding carboxylic acids is 1. The number of hydrogen-bond acceptors (Lipinski definition) is 4. The van der Waals surface area contributed by atoms with Gasteiger partial charge in [-0.15, -0.1) is 0 Å². The number of carbonyl (C=O) groups is 1. The number of aliphatic imine (C=N–C) groups is 1. The molecular formula is C17H27N3O3. The number of methoxy groups -OCH3 is 1. The highest BCUT2D eigenvalue weighted by molar-refractivity contribution is 5.89. The maximum absolute atomic E-state index is 11.4. The summed E-state index contributed by atoms with van der Waals surface area (Å²) < 4.78 is 9.99. The van der Waals surface area contributed by atoms with Gasteiger partial charge in [0, 0.05) is 26.3 Å². The highest BCUT2D eigenvalue weighted by Gasteiger charge is 2.04. The van der Waals surface area contributed by atoms with E-state index in [1.807, 2.05) is 26.0 Å². The second-order valence-corrected chi connectivity index (χ2v) is 4.86. The Kier molecular flexibility index (Phi) is 9.47. The van der Waals surface area contributed by atoms with Crippen molar-refractivity contribution in [2.45, 2.75) is 26.8 Å². The van der Waals surface area contributed by atoms with E-state index in [4.69, 9.17) is 4.74 Å². The van der Waals surface area contributed by atoms with Crippen LogP contribution in [0.3, 0.4) is 0 Å². The molecule has 0 aliphatic rings. The quantitative estimate of drug-likeness (QED) is 0.315. The van der Waals surface area contributed by atoms with Crippen LogP contribution >= 0.6 is 0 Å². The molecule has 0 aromatic heterocycles. The molecule has 23 heavy (non-hydrogen) atoms. The van der Waals surface area contributed by atoms with Gasteiger partial charge in [-0.1, -0.05) is 12.1 Å². The zero-order chi connectivity index (χ0) is 16.9. The van der Waals surface area contributed by atoms with E-state index in [1.54, 1.807) is 12.1 Å². The lowest BCUT2D eigenvalue weighted by molar-refractivity contribution is 0.0600. The first-order chi connectivity index (χ1) is 11.2. The normalized spacial score (nSPS) is 11.2. The van der Waals surface area contributed by atoms with Crippen molar-refractivity contribution in [1.29, 1.82) is 0 Å². The molecule has 0 amide bonds. The van der Waals surface area contributed by atoms with E-state index in [1.165, 1.54) is 7.11 Å². The van der Waals surface area contributed by atoms with Crippen LogP contribution in [-0.4, -0.2) is 45.3 Å². The molecule has 0 aliphatic heterocycles. The maximum atomic E-state index is 11.4. The first kappa shape index (κ1) is 19.0. The summed E-state index contributed by atoms with van der Waals surface area (Å²) >= 11 is 0. The van der Waals surface area contributed by atoms with Gasteiger partial charge in [-0.25, -0.2) is 9.79 Å². The first-order valence-electron chi connectivity index (χ1n) is 7.98. The van der Waals surface area contributed by atoms with Gasteiger partial charge in [0.15, 0.2) is 5.96 Å². The molecule has 0 fully saturated rings. The van der Waals surface area contributed by atoms with E-state index in [2.05, 4.69) is 20.4 Å². The van der Waals surface area contributed by atoms with E-state index >= 15 is 0 Å². The van der Waals surface area contributed by atoms with Crippen LogP contribution in [0.4, 0.5) is 0 Å². The molecule has 6 heteroatoms.